The maximum Gasteiger partial charge on any atom is 0.322 e. The van der Waals surface area contributed by atoms with Gasteiger partial charge in [0.25, 0.3) is 0 Å². The summed E-state index contributed by atoms with van der Waals surface area (Å²) >= 11 is 0. The number of nitrogens with two attached hydrogens (primary N) is 1. The molecule has 0 saturated carbocycles. The Kier molecular flexibility index (Phi) is 5.12. The van der Waals surface area contributed by atoms with E-state index in [-0.39, 0.29) is 6.61 Å². The van der Waals surface area contributed by atoms with E-state index >= 15 is 0 Å². The molecule has 2 atom stereocenters. The van der Waals surface area contributed by atoms with Crippen molar-refractivity contribution in [2.45, 2.75) is 32.4 Å². The lowest BCUT2D eigenvalue weighted by molar-refractivity contribution is -0.147. The molecule has 0 aliphatic rings. The van der Waals surface area contributed by atoms with Crippen molar-refractivity contribution < 1.29 is 14.6 Å². The number of benzene rings is 1. The number of carbonyl (C=O) groups excluding carboxylic acids is 1. The minimum absolute atomic E-state index is 0.0620. The van der Waals surface area contributed by atoms with Crippen LogP contribution in [0.5, 0.6) is 0 Å². The Morgan fingerprint density at radius 3 is 2.82 bits per heavy atom. The number of aliphatic hydroxyl groups excluding tert-OH is 1. The van der Waals surface area contributed by atoms with Gasteiger partial charge in [-0.1, -0.05) is 31.2 Å². The summed E-state index contributed by atoms with van der Waals surface area (Å²) in [5.41, 5.74) is 7.24. The van der Waals surface area contributed by atoms with E-state index in [0.29, 0.717) is 0 Å². The van der Waals surface area contributed by atoms with Gasteiger partial charge in [-0.05, 0) is 24.5 Å². The zero-order chi connectivity index (χ0) is 12.8. The molecule has 0 radical (unpaired) electrons. The Balaban J connectivity index is 2.57. The molecule has 17 heavy (non-hydrogen) atoms. The minimum Gasteiger partial charge on any atom is -0.461 e. The van der Waals surface area contributed by atoms with E-state index in [4.69, 9.17) is 10.5 Å². The van der Waals surface area contributed by atoms with Gasteiger partial charge >= 0.3 is 5.97 Å². The smallest absolute Gasteiger partial charge is 0.322 e. The zero-order valence-corrected chi connectivity index (χ0v) is 10.2. The lowest BCUT2D eigenvalue weighted by Crippen LogP contribution is -2.30. The summed E-state index contributed by atoms with van der Waals surface area (Å²) in [6.45, 7) is 3.53. The minimum atomic E-state index is -0.802. The highest BCUT2D eigenvalue weighted by Crippen LogP contribution is 2.15. The molecule has 2 unspecified atom stereocenters. The molecule has 0 bridgehead atoms. The molecule has 0 aliphatic heterocycles. The fourth-order valence-corrected chi connectivity index (χ4v) is 1.41. The first-order valence-electron chi connectivity index (χ1n) is 5.73. The molecule has 0 aliphatic carbocycles. The van der Waals surface area contributed by atoms with Crippen LogP contribution in [0.2, 0.25) is 0 Å². The molecule has 4 nitrogen and oxygen atoms in total. The number of hydrogen-bond donors (Lipinski definition) is 2. The van der Waals surface area contributed by atoms with Crippen LogP contribution < -0.4 is 5.73 Å². The highest BCUT2D eigenvalue weighted by molar-refractivity contribution is 5.74. The SMILES string of the molecule is CCc1cccc(C(O)COC(=O)C(C)N)c1. The number of aliphatic hydroxyl groups is 1. The number of aryl methyl sites for hydroxylation is 1. The Morgan fingerprint density at radius 1 is 1.53 bits per heavy atom. The third kappa shape index (κ3) is 4.17. The maximum atomic E-state index is 11.1. The van der Waals surface area contributed by atoms with Gasteiger partial charge in [-0.2, -0.15) is 0 Å². The molecule has 0 heterocycles. The molecule has 0 fully saturated rings. The molecule has 3 N–H and O–H groups in total. The van der Waals surface area contributed by atoms with Gasteiger partial charge in [-0.25, -0.2) is 0 Å². The Bertz CT molecular complexity index is 377. The molecular formula is C13H19NO3. The highest BCUT2D eigenvalue weighted by Gasteiger charge is 2.13. The van der Waals surface area contributed by atoms with Crippen LogP contribution in [0.4, 0.5) is 0 Å². The second kappa shape index (κ2) is 6.37. The van der Waals surface area contributed by atoms with E-state index in [1.165, 1.54) is 0 Å². The van der Waals surface area contributed by atoms with Gasteiger partial charge < -0.3 is 15.6 Å². The van der Waals surface area contributed by atoms with Crippen LogP contribution >= 0.6 is 0 Å². The molecule has 4 heteroatoms. The van der Waals surface area contributed by atoms with Gasteiger partial charge in [0.1, 0.15) is 18.8 Å². The zero-order valence-electron chi connectivity index (χ0n) is 10.2. The quantitative estimate of drug-likeness (QED) is 0.754. The van der Waals surface area contributed by atoms with Gasteiger partial charge in [-0.15, -0.1) is 0 Å². The van der Waals surface area contributed by atoms with E-state index in [9.17, 15) is 9.90 Å². The van der Waals surface area contributed by atoms with Crippen molar-refractivity contribution in [2.75, 3.05) is 6.61 Å². The fourth-order valence-electron chi connectivity index (χ4n) is 1.41. The lowest BCUT2D eigenvalue weighted by atomic mass is 10.1. The van der Waals surface area contributed by atoms with Crippen molar-refractivity contribution in [3.63, 3.8) is 0 Å². The average molecular weight is 237 g/mol. The average Bonchev–Trinajstić information content (AvgIpc) is 2.35. The Labute approximate surface area is 101 Å². The molecule has 1 aromatic carbocycles. The molecule has 0 saturated heterocycles. The van der Waals surface area contributed by atoms with Gasteiger partial charge in [0.05, 0.1) is 0 Å². The van der Waals surface area contributed by atoms with Gasteiger partial charge in [0.15, 0.2) is 0 Å². The predicted molar refractivity (Wildman–Crippen MR) is 65.4 cm³/mol. The van der Waals surface area contributed by atoms with E-state index in [1.807, 2.05) is 31.2 Å². The van der Waals surface area contributed by atoms with Crippen LogP contribution in [0.1, 0.15) is 31.1 Å². The molecule has 0 spiro atoms. The number of ether oxygens (including phenoxy) is 1. The van der Waals surface area contributed by atoms with Crippen LogP contribution in [-0.4, -0.2) is 23.7 Å². The normalized spacial score (nSPS) is 14.1. The summed E-state index contributed by atoms with van der Waals surface area (Å²) in [5.74, 6) is -0.504. The third-order valence-electron chi connectivity index (χ3n) is 2.50. The van der Waals surface area contributed by atoms with E-state index in [0.717, 1.165) is 17.5 Å². The van der Waals surface area contributed by atoms with E-state index < -0.39 is 18.1 Å². The number of hydrogen-bond acceptors (Lipinski definition) is 4. The summed E-state index contributed by atoms with van der Waals surface area (Å²) in [6.07, 6.45) is 0.101. The van der Waals surface area contributed by atoms with Gasteiger partial charge in [0.2, 0.25) is 0 Å². The second-order valence-corrected chi connectivity index (χ2v) is 4.03. The lowest BCUT2D eigenvalue weighted by Gasteiger charge is -2.13. The molecule has 1 rings (SSSR count). The molecule has 0 amide bonds. The van der Waals surface area contributed by atoms with E-state index in [2.05, 4.69) is 0 Å². The van der Waals surface area contributed by atoms with Gasteiger partial charge in [0, 0.05) is 0 Å². The van der Waals surface area contributed by atoms with Crippen LogP contribution in [0.25, 0.3) is 0 Å². The molecule has 94 valence electrons. The summed E-state index contributed by atoms with van der Waals surface area (Å²) in [7, 11) is 0. The topological polar surface area (TPSA) is 72.5 Å². The number of esters is 1. The van der Waals surface area contributed by atoms with Crippen molar-refractivity contribution in [3.05, 3.63) is 35.4 Å². The van der Waals surface area contributed by atoms with Crippen molar-refractivity contribution >= 4 is 5.97 Å². The van der Waals surface area contributed by atoms with E-state index in [1.54, 1.807) is 6.92 Å². The molecular weight excluding hydrogens is 218 g/mol. The van der Waals surface area contributed by atoms with Crippen LogP contribution in [0.15, 0.2) is 24.3 Å². The summed E-state index contributed by atoms with van der Waals surface area (Å²) in [5, 5.41) is 9.85. The molecule has 1 aromatic rings. The van der Waals surface area contributed by atoms with Gasteiger partial charge in [-0.3, -0.25) is 4.79 Å². The first-order valence-corrected chi connectivity index (χ1v) is 5.73. The predicted octanol–water partition coefficient (Wildman–Crippen LogP) is 1.17. The second-order valence-electron chi connectivity index (χ2n) is 4.03. The number of carbonyl (C=O) groups is 1. The van der Waals surface area contributed by atoms with Crippen molar-refractivity contribution in [2.24, 2.45) is 5.73 Å². The Hall–Kier alpha value is -1.39. The first kappa shape index (κ1) is 13.7. The highest BCUT2D eigenvalue weighted by atomic mass is 16.5. The third-order valence-corrected chi connectivity index (χ3v) is 2.50. The van der Waals surface area contributed by atoms with Crippen LogP contribution in [0, 0.1) is 0 Å². The Morgan fingerprint density at radius 2 is 2.24 bits per heavy atom. The summed E-state index contributed by atoms with van der Waals surface area (Å²) in [6, 6.07) is 6.92. The standard InChI is InChI=1S/C13H19NO3/c1-3-10-5-4-6-11(7-10)12(15)8-17-13(16)9(2)14/h4-7,9,12,15H,3,8,14H2,1-2H3. The number of rotatable bonds is 5. The maximum absolute atomic E-state index is 11.1. The fraction of sp³-hybridized carbons (Fsp3) is 0.462. The van der Waals surface area contributed by atoms with Crippen molar-refractivity contribution in [1.29, 1.82) is 0 Å². The summed E-state index contributed by atoms with van der Waals surface area (Å²) < 4.78 is 4.88. The van der Waals surface area contributed by atoms with Crippen molar-refractivity contribution in [3.8, 4) is 0 Å². The molecule has 0 aromatic heterocycles. The summed E-state index contributed by atoms with van der Waals surface area (Å²) in [4.78, 5) is 11.1. The van der Waals surface area contributed by atoms with Crippen molar-refractivity contribution in [1.82, 2.24) is 0 Å². The monoisotopic (exact) mass is 237 g/mol. The van der Waals surface area contributed by atoms with Crippen LogP contribution in [-0.2, 0) is 16.0 Å². The van der Waals surface area contributed by atoms with Crippen LogP contribution in [0.3, 0.4) is 0 Å². The first-order chi connectivity index (χ1) is 8.04. The largest absolute Gasteiger partial charge is 0.461 e.